The number of fused-ring (bicyclic) bond motifs is 1. The largest absolute Gasteiger partial charge is 0.399 e. The molecule has 0 aliphatic heterocycles. The quantitative estimate of drug-likeness (QED) is 0.736. The van der Waals surface area contributed by atoms with Gasteiger partial charge in [-0.25, -0.2) is 4.98 Å². The van der Waals surface area contributed by atoms with Gasteiger partial charge in [0.15, 0.2) is 5.13 Å². The SMILES string of the molecule is CN(Cc1ccc(Cl)s1)c1nc2ccc(N)cc2s1. The van der Waals surface area contributed by atoms with Gasteiger partial charge in [-0.1, -0.05) is 22.9 Å². The van der Waals surface area contributed by atoms with Crippen molar-refractivity contribution in [2.24, 2.45) is 0 Å². The predicted octanol–water partition coefficient (Wildman–Crippen LogP) is 4.23. The average Bonchev–Trinajstić information content (AvgIpc) is 2.95. The monoisotopic (exact) mass is 309 g/mol. The summed E-state index contributed by atoms with van der Waals surface area (Å²) >= 11 is 9.20. The molecule has 0 saturated carbocycles. The smallest absolute Gasteiger partial charge is 0.186 e. The van der Waals surface area contributed by atoms with Crippen LogP contribution in [0.5, 0.6) is 0 Å². The highest BCUT2D eigenvalue weighted by atomic mass is 35.5. The molecular formula is C13H12ClN3S2. The van der Waals surface area contributed by atoms with E-state index < -0.39 is 0 Å². The van der Waals surface area contributed by atoms with Crippen LogP contribution in [0.4, 0.5) is 10.8 Å². The molecule has 1 aromatic carbocycles. The van der Waals surface area contributed by atoms with E-state index in [2.05, 4.69) is 16.0 Å². The van der Waals surface area contributed by atoms with Crippen molar-refractivity contribution in [3.05, 3.63) is 39.5 Å². The molecule has 0 saturated heterocycles. The van der Waals surface area contributed by atoms with Crippen LogP contribution in [-0.2, 0) is 6.54 Å². The third-order valence-electron chi connectivity index (χ3n) is 2.75. The molecule has 19 heavy (non-hydrogen) atoms. The lowest BCUT2D eigenvalue weighted by atomic mass is 10.3. The third-order valence-corrected chi connectivity index (χ3v) is 5.10. The van der Waals surface area contributed by atoms with E-state index in [-0.39, 0.29) is 0 Å². The summed E-state index contributed by atoms with van der Waals surface area (Å²) < 4.78 is 1.94. The lowest BCUT2D eigenvalue weighted by molar-refractivity contribution is 0.934. The molecule has 98 valence electrons. The molecule has 3 nitrogen and oxygen atoms in total. The lowest BCUT2D eigenvalue weighted by Crippen LogP contribution is -2.14. The number of rotatable bonds is 3. The molecule has 0 amide bonds. The lowest BCUT2D eigenvalue weighted by Gasteiger charge is -2.13. The maximum atomic E-state index is 5.94. The standard InChI is InChI=1S/C13H12ClN3S2/c1-17(7-9-3-5-12(14)18-9)13-16-10-4-2-8(15)6-11(10)19-13/h2-6H,7,15H2,1H3. The molecule has 0 spiro atoms. The highest BCUT2D eigenvalue weighted by Gasteiger charge is 2.10. The summed E-state index contributed by atoms with van der Waals surface area (Å²) in [6.45, 7) is 0.812. The Morgan fingerprint density at radius 3 is 2.84 bits per heavy atom. The van der Waals surface area contributed by atoms with E-state index in [1.165, 1.54) is 4.88 Å². The van der Waals surface area contributed by atoms with Crippen LogP contribution < -0.4 is 10.6 Å². The van der Waals surface area contributed by atoms with E-state index in [9.17, 15) is 0 Å². The molecule has 0 atom stereocenters. The van der Waals surface area contributed by atoms with Crippen molar-refractivity contribution in [1.29, 1.82) is 0 Å². The number of benzene rings is 1. The first-order valence-electron chi connectivity index (χ1n) is 5.73. The van der Waals surface area contributed by atoms with E-state index in [0.717, 1.165) is 31.9 Å². The number of nitrogen functional groups attached to an aromatic ring is 1. The van der Waals surface area contributed by atoms with Crippen molar-refractivity contribution < 1.29 is 0 Å². The van der Waals surface area contributed by atoms with Gasteiger partial charge in [-0.3, -0.25) is 0 Å². The van der Waals surface area contributed by atoms with Gasteiger partial charge in [0, 0.05) is 17.6 Å². The summed E-state index contributed by atoms with van der Waals surface area (Å²) in [5, 5.41) is 0.991. The van der Waals surface area contributed by atoms with Gasteiger partial charge in [0.2, 0.25) is 0 Å². The normalized spacial score (nSPS) is 11.1. The highest BCUT2D eigenvalue weighted by molar-refractivity contribution is 7.22. The van der Waals surface area contributed by atoms with Crippen LogP contribution >= 0.6 is 34.3 Å². The first kappa shape index (κ1) is 12.7. The van der Waals surface area contributed by atoms with Gasteiger partial charge in [-0.2, -0.15) is 0 Å². The van der Waals surface area contributed by atoms with Gasteiger partial charge in [-0.15, -0.1) is 11.3 Å². The number of halogens is 1. The van der Waals surface area contributed by atoms with Crippen molar-refractivity contribution in [2.45, 2.75) is 6.54 Å². The van der Waals surface area contributed by atoms with E-state index in [1.807, 2.05) is 31.3 Å². The first-order valence-corrected chi connectivity index (χ1v) is 7.74. The summed E-state index contributed by atoms with van der Waals surface area (Å²) in [4.78, 5) is 7.97. The van der Waals surface area contributed by atoms with Gasteiger partial charge in [0.25, 0.3) is 0 Å². The second-order valence-corrected chi connectivity index (χ2v) is 7.09. The Bertz CT molecular complexity index is 720. The van der Waals surface area contributed by atoms with Crippen molar-refractivity contribution in [3.8, 4) is 0 Å². The number of thiazole rings is 1. The second-order valence-electron chi connectivity index (χ2n) is 4.29. The molecule has 3 rings (SSSR count). The number of hydrogen-bond acceptors (Lipinski definition) is 5. The van der Waals surface area contributed by atoms with Gasteiger partial charge >= 0.3 is 0 Å². The van der Waals surface area contributed by atoms with Crippen molar-refractivity contribution >= 4 is 55.3 Å². The minimum Gasteiger partial charge on any atom is -0.399 e. The number of anilines is 2. The summed E-state index contributed by atoms with van der Waals surface area (Å²) in [6.07, 6.45) is 0. The Morgan fingerprint density at radius 2 is 2.11 bits per heavy atom. The van der Waals surface area contributed by atoms with Crippen LogP contribution in [0.15, 0.2) is 30.3 Å². The average molecular weight is 310 g/mol. The maximum absolute atomic E-state index is 5.94. The Kier molecular flexibility index (Phi) is 3.35. The van der Waals surface area contributed by atoms with Crippen LogP contribution in [0.2, 0.25) is 4.34 Å². The molecular weight excluding hydrogens is 298 g/mol. The topological polar surface area (TPSA) is 42.2 Å². The van der Waals surface area contributed by atoms with E-state index in [0.29, 0.717) is 0 Å². The summed E-state index contributed by atoms with van der Waals surface area (Å²) in [5.41, 5.74) is 7.55. The molecule has 6 heteroatoms. The molecule has 2 N–H and O–H groups in total. The number of aromatic nitrogens is 1. The zero-order chi connectivity index (χ0) is 13.4. The van der Waals surface area contributed by atoms with Crippen LogP contribution in [-0.4, -0.2) is 12.0 Å². The number of thiophene rings is 1. The zero-order valence-electron chi connectivity index (χ0n) is 10.3. The van der Waals surface area contributed by atoms with Gasteiger partial charge in [0.05, 0.1) is 21.1 Å². The van der Waals surface area contributed by atoms with E-state index in [4.69, 9.17) is 17.3 Å². The predicted molar refractivity (Wildman–Crippen MR) is 85.5 cm³/mol. The van der Waals surface area contributed by atoms with Crippen molar-refractivity contribution in [2.75, 3.05) is 17.7 Å². The Hall–Kier alpha value is -1.30. The van der Waals surface area contributed by atoms with Crippen molar-refractivity contribution in [3.63, 3.8) is 0 Å². The number of nitrogens with two attached hydrogens (primary N) is 1. The molecule has 0 aliphatic rings. The summed E-state index contributed by atoms with van der Waals surface area (Å²) in [7, 11) is 2.04. The third kappa shape index (κ3) is 2.68. The van der Waals surface area contributed by atoms with E-state index >= 15 is 0 Å². The minimum absolute atomic E-state index is 0.774. The van der Waals surface area contributed by atoms with Crippen LogP contribution in [0.3, 0.4) is 0 Å². The summed E-state index contributed by atoms with van der Waals surface area (Å²) in [6, 6.07) is 9.78. The second kappa shape index (κ2) is 5.00. The molecule has 0 unspecified atom stereocenters. The van der Waals surface area contributed by atoms with Gasteiger partial charge < -0.3 is 10.6 Å². The number of nitrogens with zero attached hydrogens (tertiary/aromatic N) is 2. The van der Waals surface area contributed by atoms with Crippen LogP contribution in [0.1, 0.15) is 4.88 Å². The number of hydrogen-bond donors (Lipinski definition) is 1. The minimum atomic E-state index is 0.774. The maximum Gasteiger partial charge on any atom is 0.186 e. The summed E-state index contributed by atoms with van der Waals surface area (Å²) in [5.74, 6) is 0. The fraction of sp³-hybridized carbons (Fsp3) is 0.154. The van der Waals surface area contributed by atoms with Crippen LogP contribution in [0, 0.1) is 0 Å². The fourth-order valence-electron chi connectivity index (χ4n) is 1.83. The molecule has 2 heterocycles. The molecule has 3 aromatic rings. The molecule has 0 fully saturated rings. The van der Waals surface area contributed by atoms with Crippen molar-refractivity contribution in [1.82, 2.24) is 4.98 Å². The van der Waals surface area contributed by atoms with Gasteiger partial charge in [0.1, 0.15) is 0 Å². The molecule has 0 aliphatic carbocycles. The Balaban J connectivity index is 1.86. The fourth-order valence-corrected chi connectivity index (χ4v) is 3.95. The van der Waals surface area contributed by atoms with Gasteiger partial charge in [-0.05, 0) is 30.3 Å². The van der Waals surface area contributed by atoms with Crippen LogP contribution in [0.25, 0.3) is 10.2 Å². The van der Waals surface area contributed by atoms with E-state index in [1.54, 1.807) is 22.7 Å². The molecule has 0 radical (unpaired) electrons. The Morgan fingerprint density at radius 1 is 1.26 bits per heavy atom. The first-order chi connectivity index (χ1) is 9.11. The Labute approximate surface area is 124 Å². The highest BCUT2D eigenvalue weighted by Crippen LogP contribution is 2.31. The molecule has 0 bridgehead atoms. The molecule has 2 aromatic heterocycles. The zero-order valence-corrected chi connectivity index (χ0v) is 12.6.